The van der Waals surface area contributed by atoms with E-state index in [4.69, 9.17) is 23.2 Å². The second-order valence-electron chi connectivity index (χ2n) is 4.28. The Morgan fingerprint density at radius 2 is 2.22 bits per heavy atom. The van der Waals surface area contributed by atoms with E-state index in [-0.39, 0.29) is 5.91 Å². The number of carbonyl (C=O) groups is 1. The Labute approximate surface area is 126 Å². The number of rotatable bonds is 6. The standard InChI is InChI=1S/C13H16BrCl2NO/c1-9(8-15)3-2-6-17-13(18)11-5-4-10(16)7-12(11)14/h4-5,7,9H,2-3,6,8H2,1H3,(H,17,18). The zero-order chi connectivity index (χ0) is 13.5. The van der Waals surface area contributed by atoms with Crippen molar-refractivity contribution < 1.29 is 4.79 Å². The molecule has 1 aromatic rings. The molecule has 2 nitrogen and oxygen atoms in total. The largest absolute Gasteiger partial charge is 0.352 e. The molecule has 0 aliphatic carbocycles. The fourth-order valence-corrected chi connectivity index (χ4v) is 2.52. The summed E-state index contributed by atoms with van der Waals surface area (Å²) in [6.45, 7) is 2.76. The van der Waals surface area contributed by atoms with Crippen LogP contribution in [-0.2, 0) is 0 Å². The van der Waals surface area contributed by atoms with Crippen molar-refractivity contribution in [3.63, 3.8) is 0 Å². The van der Waals surface area contributed by atoms with Gasteiger partial charge in [-0.2, -0.15) is 0 Å². The lowest BCUT2D eigenvalue weighted by atomic mass is 10.1. The molecule has 0 saturated carbocycles. The summed E-state index contributed by atoms with van der Waals surface area (Å²) < 4.78 is 0.710. The number of amides is 1. The molecule has 0 aromatic heterocycles. The van der Waals surface area contributed by atoms with Crippen LogP contribution in [0.5, 0.6) is 0 Å². The summed E-state index contributed by atoms with van der Waals surface area (Å²) in [5.41, 5.74) is 0.602. The predicted molar refractivity (Wildman–Crippen MR) is 80.6 cm³/mol. The molecule has 0 spiro atoms. The zero-order valence-corrected chi connectivity index (χ0v) is 13.3. The van der Waals surface area contributed by atoms with Crippen LogP contribution in [0.4, 0.5) is 0 Å². The Kier molecular flexibility index (Phi) is 7.05. The molecule has 0 bridgehead atoms. The molecule has 18 heavy (non-hydrogen) atoms. The SMILES string of the molecule is CC(CCl)CCCNC(=O)c1ccc(Cl)cc1Br. The van der Waals surface area contributed by atoms with Gasteiger partial charge in [0.15, 0.2) is 0 Å². The zero-order valence-electron chi connectivity index (χ0n) is 10.2. The van der Waals surface area contributed by atoms with Gasteiger partial charge in [-0.15, -0.1) is 11.6 Å². The van der Waals surface area contributed by atoms with Crippen molar-refractivity contribution in [3.8, 4) is 0 Å². The molecular weight excluding hydrogens is 337 g/mol. The van der Waals surface area contributed by atoms with Crippen molar-refractivity contribution >= 4 is 45.0 Å². The maximum absolute atomic E-state index is 11.9. The normalized spacial score (nSPS) is 12.2. The van der Waals surface area contributed by atoms with Gasteiger partial charge in [0.2, 0.25) is 0 Å². The molecule has 1 atom stereocenters. The number of benzene rings is 1. The van der Waals surface area contributed by atoms with Gasteiger partial charge in [0.25, 0.3) is 5.91 Å². The van der Waals surface area contributed by atoms with Gasteiger partial charge in [-0.1, -0.05) is 18.5 Å². The Morgan fingerprint density at radius 1 is 1.50 bits per heavy atom. The summed E-state index contributed by atoms with van der Waals surface area (Å²) in [6, 6.07) is 5.13. The van der Waals surface area contributed by atoms with Crippen molar-refractivity contribution in [1.29, 1.82) is 0 Å². The number of nitrogens with one attached hydrogen (secondary N) is 1. The lowest BCUT2D eigenvalue weighted by Gasteiger charge is -2.09. The summed E-state index contributed by atoms with van der Waals surface area (Å²) in [4.78, 5) is 11.9. The van der Waals surface area contributed by atoms with Crippen molar-refractivity contribution in [3.05, 3.63) is 33.3 Å². The molecule has 5 heteroatoms. The highest BCUT2D eigenvalue weighted by atomic mass is 79.9. The molecule has 0 fully saturated rings. The Bertz CT molecular complexity index is 412. The number of hydrogen-bond donors (Lipinski definition) is 1. The molecule has 0 aliphatic heterocycles. The molecule has 0 heterocycles. The van der Waals surface area contributed by atoms with E-state index in [0.717, 1.165) is 12.8 Å². The van der Waals surface area contributed by atoms with Crippen LogP contribution in [0.2, 0.25) is 5.02 Å². The molecule has 1 rings (SSSR count). The number of hydrogen-bond acceptors (Lipinski definition) is 1. The third-order valence-electron chi connectivity index (χ3n) is 2.60. The van der Waals surface area contributed by atoms with E-state index in [0.29, 0.717) is 33.4 Å². The average molecular weight is 353 g/mol. The van der Waals surface area contributed by atoms with Gasteiger partial charge in [0.05, 0.1) is 5.56 Å². The molecule has 1 unspecified atom stereocenters. The highest BCUT2D eigenvalue weighted by molar-refractivity contribution is 9.10. The van der Waals surface area contributed by atoms with E-state index in [1.807, 2.05) is 0 Å². The lowest BCUT2D eigenvalue weighted by molar-refractivity contribution is 0.0952. The summed E-state index contributed by atoms with van der Waals surface area (Å²) in [5, 5.41) is 3.49. The summed E-state index contributed by atoms with van der Waals surface area (Å²) in [7, 11) is 0. The highest BCUT2D eigenvalue weighted by Crippen LogP contribution is 2.21. The quantitative estimate of drug-likeness (QED) is 0.593. The molecule has 1 aromatic carbocycles. The maximum atomic E-state index is 11.9. The first-order valence-corrected chi connectivity index (χ1v) is 7.54. The average Bonchev–Trinajstić information content (AvgIpc) is 2.34. The first kappa shape index (κ1) is 15.8. The summed E-state index contributed by atoms with van der Waals surface area (Å²) >= 11 is 14.9. The minimum absolute atomic E-state index is 0.0860. The van der Waals surface area contributed by atoms with Gasteiger partial charge in [0.1, 0.15) is 0 Å². The van der Waals surface area contributed by atoms with Gasteiger partial charge in [-0.3, -0.25) is 4.79 Å². The maximum Gasteiger partial charge on any atom is 0.252 e. The Morgan fingerprint density at radius 3 is 2.83 bits per heavy atom. The van der Waals surface area contributed by atoms with E-state index in [1.54, 1.807) is 18.2 Å². The fraction of sp³-hybridized carbons (Fsp3) is 0.462. The monoisotopic (exact) mass is 351 g/mol. The van der Waals surface area contributed by atoms with Crippen LogP contribution >= 0.6 is 39.1 Å². The fourth-order valence-electron chi connectivity index (χ4n) is 1.50. The smallest absolute Gasteiger partial charge is 0.252 e. The van der Waals surface area contributed by atoms with Crippen LogP contribution in [0.15, 0.2) is 22.7 Å². The molecule has 0 aliphatic rings. The predicted octanol–water partition coefficient (Wildman–Crippen LogP) is 4.49. The molecule has 1 N–H and O–H groups in total. The van der Waals surface area contributed by atoms with Crippen molar-refractivity contribution in [2.24, 2.45) is 5.92 Å². The third-order valence-corrected chi connectivity index (χ3v) is 4.02. The third kappa shape index (κ3) is 5.17. The number of alkyl halides is 1. The van der Waals surface area contributed by atoms with Crippen molar-refractivity contribution in [1.82, 2.24) is 5.32 Å². The van der Waals surface area contributed by atoms with Gasteiger partial charge in [0, 0.05) is 21.9 Å². The lowest BCUT2D eigenvalue weighted by Crippen LogP contribution is -2.25. The van der Waals surface area contributed by atoms with Gasteiger partial charge in [-0.05, 0) is 52.9 Å². The first-order valence-electron chi connectivity index (χ1n) is 5.83. The summed E-state index contributed by atoms with van der Waals surface area (Å²) in [6.07, 6.45) is 1.95. The van der Waals surface area contributed by atoms with Crippen LogP contribution in [0.1, 0.15) is 30.1 Å². The van der Waals surface area contributed by atoms with E-state index in [2.05, 4.69) is 28.2 Å². The molecular formula is C13H16BrCl2NO. The van der Waals surface area contributed by atoms with Crippen LogP contribution in [-0.4, -0.2) is 18.3 Å². The molecule has 100 valence electrons. The van der Waals surface area contributed by atoms with Crippen LogP contribution < -0.4 is 5.32 Å². The first-order chi connectivity index (χ1) is 8.54. The number of carbonyl (C=O) groups excluding carboxylic acids is 1. The second kappa shape index (κ2) is 8.03. The minimum atomic E-state index is -0.0860. The van der Waals surface area contributed by atoms with E-state index >= 15 is 0 Å². The van der Waals surface area contributed by atoms with E-state index in [9.17, 15) is 4.79 Å². The van der Waals surface area contributed by atoms with Crippen LogP contribution in [0.3, 0.4) is 0 Å². The van der Waals surface area contributed by atoms with Gasteiger partial charge >= 0.3 is 0 Å². The molecule has 0 radical (unpaired) electrons. The topological polar surface area (TPSA) is 29.1 Å². The van der Waals surface area contributed by atoms with Gasteiger partial charge in [-0.25, -0.2) is 0 Å². The minimum Gasteiger partial charge on any atom is -0.352 e. The Hall–Kier alpha value is -0.250. The highest BCUT2D eigenvalue weighted by Gasteiger charge is 2.09. The van der Waals surface area contributed by atoms with Gasteiger partial charge < -0.3 is 5.32 Å². The molecule has 1 amide bonds. The van der Waals surface area contributed by atoms with Crippen LogP contribution in [0.25, 0.3) is 0 Å². The molecule has 0 saturated heterocycles. The van der Waals surface area contributed by atoms with Crippen LogP contribution in [0, 0.1) is 5.92 Å². The Balaban J connectivity index is 2.41. The van der Waals surface area contributed by atoms with Crippen molar-refractivity contribution in [2.45, 2.75) is 19.8 Å². The van der Waals surface area contributed by atoms with E-state index in [1.165, 1.54) is 0 Å². The van der Waals surface area contributed by atoms with E-state index < -0.39 is 0 Å². The summed E-state index contributed by atoms with van der Waals surface area (Å²) in [5.74, 6) is 1.07. The van der Waals surface area contributed by atoms with Crippen molar-refractivity contribution in [2.75, 3.05) is 12.4 Å². The second-order valence-corrected chi connectivity index (χ2v) is 5.88. The number of halogens is 3.